The third kappa shape index (κ3) is 5.43. The van der Waals surface area contributed by atoms with Gasteiger partial charge in [0.05, 0.1) is 11.1 Å². The highest BCUT2D eigenvalue weighted by Gasteiger charge is 2.17. The maximum absolute atomic E-state index is 12.8. The number of fused-ring (bicyclic) bond motifs is 1. The average Bonchev–Trinajstić information content (AvgIpc) is 3.32. The Hall–Kier alpha value is -4.99. The van der Waals surface area contributed by atoms with Gasteiger partial charge >= 0.3 is 0 Å². The molecular weight excluding hydrogens is 440 g/mol. The molecule has 1 heterocycles. The van der Waals surface area contributed by atoms with Crippen molar-refractivity contribution >= 4 is 29.8 Å². The zero-order chi connectivity index (χ0) is 23.9. The predicted molar refractivity (Wildman–Crippen MR) is 123 cm³/mol. The second-order valence-electron chi connectivity index (χ2n) is 7.04. The number of nitrogens with zero attached hydrogens (tertiary/aromatic N) is 2. The largest absolute Gasteiger partial charge is 0.454 e. The lowest BCUT2D eigenvalue weighted by Crippen LogP contribution is -2.32. The molecule has 0 aromatic heterocycles. The van der Waals surface area contributed by atoms with E-state index in [2.05, 4.69) is 15.8 Å². The number of hydrogen-bond donors (Lipinski definition) is 2. The van der Waals surface area contributed by atoms with E-state index in [1.165, 1.54) is 36.6 Å². The molecule has 0 unspecified atom stereocenters. The normalized spacial score (nSPS) is 12.4. The van der Waals surface area contributed by atoms with Gasteiger partial charge in [0, 0.05) is 17.7 Å². The van der Waals surface area contributed by atoms with Crippen molar-refractivity contribution in [3.05, 3.63) is 105 Å². The molecule has 1 aliphatic heterocycles. The summed E-state index contributed by atoms with van der Waals surface area (Å²) in [5.74, 6) is -0.0227. The monoisotopic (exact) mass is 458 g/mol. The number of nitrogens with one attached hydrogen (secondary N) is 2. The van der Waals surface area contributed by atoms with Gasteiger partial charge in [-0.25, -0.2) is 5.43 Å². The van der Waals surface area contributed by atoms with Gasteiger partial charge in [0.25, 0.3) is 17.5 Å². The van der Waals surface area contributed by atoms with Crippen molar-refractivity contribution in [3.63, 3.8) is 0 Å². The van der Waals surface area contributed by atoms with Crippen LogP contribution in [0.15, 0.2) is 83.6 Å². The second kappa shape index (κ2) is 10.1. The summed E-state index contributed by atoms with van der Waals surface area (Å²) in [6, 6.07) is 19.2. The van der Waals surface area contributed by atoms with Crippen molar-refractivity contribution in [2.24, 2.45) is 5.10 Å². The summed E-state index contributed by atoms with van der Waals surface area (Å²) >= 11 is 0. The van der Waals surface area contributed by atoms with E-state index in [1.807, 2.05) is 0 Å². The number of nitro groups is 1. The molecule has 0 bridgehead atoms. The van der Waals surface area contributed by atoms with Crippen LogP contribution in [0.25, 0.3) is 6.08 Å². The van der Waals surface area contributed by atoms with Crippen molar-refractivity contribution in [2.75, 3.05) is 6.79 Å². The Morgan fingerprint density at radius 1 is 0.941 bits per heavy atom. The van der Waals surface area contributed by atoms with E-state index in [4.69, 9.17) is 9.47 Å². The number of carbonyl (C=O) groups excluding carboxylic acids is 2. The van der Waals surface area contributed by atoms with Crippen molar-refractivity contribution in [1.82, 2.24) is 10.7 Å². The minimum atomic E-state index is -0.667. The third-order valence-electron chi connectivity index (χ3n) is 4.72. The Morgan fingerprint density at radius 2 is 1.65 bits per heavy atom. The molecule has 0 spiro atoms. The molecule has 0 radical (unpaired) electrons. The zero-order valence-electron chi connectivity index (χ0n) is 17.6. The number of rotatable bonds is 7. The highest BCUT2D eigenvalue weighted by Crippen LogP contribution is 2.33. The minimum Gasteiger partial charge on any atom is -0.454 e. The predicted octanol–water partition coefficient (Wildman–Crippen LogP) is 3.24. The second-order valence-corrected chi connectivity index (χ2v) is 7.04. The van der Waals surface area contributed by atoms with Crippen LogP contribution in [0.5, 0.6) is 11.5 Å². The fourth-order valence-corrected chi connectivity index (χ4v) is 3.02. The van der Waals surface area contributed by atoms with Crippen LogP contribution in [0.3, 0.4) is 0 Å². The van der Waals surface area contributed by atoms with Crippen molar-refractivity contribution < 1.29 is 24.0 Å². The summed E-state index contributed by atoms with van der Waals surface area (Å²) in [6.07, 6.45) is 2.82. The molecule has 0 atom stereocenters. The third-order valence-corrected chi connectivity index (χ3v) is 4.72. The first-order valence-corrected chi connectivity index (χ1v) is 10.1. The highest BCUT2D eigenvalue weighted by molar-refractivity contribution is 6.05. The minimum absolute atomic E-state index is 0.0476. The molecule has 0 aliphatic carbocycles. The summed E-state index contributed by atoms with van der Waals surface area (Å²) in [4.78, 5) is 35.7. The van der Waals surface area contributed by atoms with Crippen molar-refractivity contribution in [1.29, 1.82) is 0 Å². The van der Waals surface area contributed by atoms with Crippen LogP contribution >= 0.6 is 0 Å². The van der Waals surface area contributed by atoms with Crippen LogP contribution in [-0.2, 0) is 4.79 Å². The first kappa shape index (κ1) is 22.2. The fraction of sp³-hybridized carbons (Fsp3) is 0.0417. The van der Waals surface area contributed by atoms with Crippen LogP contribution in [0.1, 0.15) is 21.5 Å². The topological polar surface area (TPSA) is 132 Å². The van der Waals surface area contributed by atoms with E-state index in [1.54, 1.807) is 48.5 Å². The summed E-state index contributed by atoms with van der Waals surface area (Å²) in [5, 5.41) is 17.2. The number of carbonyl (C=O) groups is 2. The standard InChI is InChI=1S/C24H18N4O6/c29-23(18-4-2-1-3-5-18)26-20(12-17-8-11-21-22(13-17)34-15-33-21)24(30)27-25-14-16-6-9-19(10-7-16)28(31)32/h1-14H,15H2,(H,26,29)(H,27,30)/b20-12-,25-14+. The van der Waals surface area contributed by atoms with E-state index in [-0.39, 0.29) is 18.2 Å². The Bertz CT molecular complexity index is 1290. The molecule has 0 saturated heterocycles. The highest BCUT2D eigenvalue weighted by atomic mass is 16.7. The molecule has 3 aromatic rings. The molecule has 2 N–H and O–H groups in total. The van der Waals surface area contributed by atoms with Gasteiger partial charge in [0.1, 0.15) is 5.70 Å². The first-order valence-electron chi connectivity index (χ1n) is 10.1. The molecule has 10 nitrogen and oxygen atoms in total. The first-order chi connectivity index (χ1) is 16.5. The number of hydrazone groups is 1. The fourth-order valence-electron chi connectivity index (χ4n) is 3.02. The van der Waals surface area contributed by atoms with Gasteiger partial charge in [0.15, 0.2) is 11.5 Å². The lowest BCUT2D eigenvalue weighted by molar-refractivity contribution is -0.384. The molecule has 170 valence electrons. The summed E-state index contributed by atoms with van der Waals surface area (Å²) in [6.45, 7) is 0.109. The maximum Gasteiger partial charge on any atom is 0.287 e. The van der Waals surface area contributed by atoms with Crippen LogP contribution in [0.4, 0.5) is 5.69 Å². The van der Waals surface area contributed by atoms with E-state index >= 15 is 0 Å². The Balaban J connectivity index is 1.53. The number of ether oxygens (including phenoxy) is 2. The van der Waals surface area contributed by atoms with Crippen molar-refractivity contribution in [2.45, 2.75) is 0 Å². The zero-order valence-corrected chi connectivity index (χ0v) is 17.6. The molecule has 0 saturated carbocycles. The van der Waals surface area contributed by atoms with Crippen LogP contribution < -0.4 is 20.2 Å². The number of amides is 2. The van der Waals surface area contributed by atoms with Crippen LogP contribution in [0.2, 0.25) is 0 Å². The smallest absolute Gasteiger partial charge is 0.287 e. The van der Waals surface area contributed by atoms with Gasteiger partial charge in [-0.05, 0) is 53.6 Å². The van der Waals surface area contributed by atoms with Crippen molar-refractivity contribution in [3.8, 4) is 11.5 Å². The van der Waals surface area contributed by atoms with Gasteiger partial charge in [-0.1, -0.05) is 24.3 Å². The van der Waals surface area contributed by atoms with Gasteiger partial charge in [-0.15, -0.1) is 0 Å². The number of nitro benzene ring substituents is 1. The molecule has 10 heteroatoms. The molecule has 34 heavy (non-hydrogen) atoms. The Kier molecular flexibility index (Phi) is 6.59. The lowest BCUT2D eigenvalue weighted by atomic mass is 10.1. The Labute approximate surface area is 193 Å². The quantitative estimate of drug-likeness (QED) is 0.242. The van der Waals surface area contributed by atoms with E-state index in [9.17, 15) is 19.7 Å². The SMILES string of the molecule is O=C(N/N=C/c1ccc([N+](=O)[O-])cc1)/C(=C/c1ccc2c(c1)OCO2)NC(=O)c1ccccc1. The average molecular weight is 458 g/mol. The van der Waals surface area contributed by atoms with E-state index < -0.39 is 16.7 Å². The lowest BCUT2D eigenvalue weighted by Gasteiger charge is -2.09. The maximum atomic E-state index is 12.8. The number of benzene rings is 3. The van der Waals surface area contributed by atoms with Gasteiger partial charge in [-0.3, -0.25) is 19.7 Å². The van der Waals surface area contributed by atoms with Gasteiger partial charge < -0.3 is 14.8 Å². The summed E-state index contributed by atoms with van der Waals surface area (Å²) in [7, 11) is 0. The van der Waals surface area contributed by atoms with E-state index in [0.717, 1.165) is 0 Å². The molecule has 0 fully saturated rings. The van der Waals surface area contributed by atoms with Crippen LogP contribution in [-0.4, -0.2) is 29.7 Å². The summed E-state index contributed by atoms with van der Waals surface area (Å²) in [5.41, 5.74) is 3.77. The molecule has 3 aromatic carbocycles. The molecule has 2 amide bonds. The summed E-state index contributed by atoms with van der Waals surface area (Å²) < 4.78 is 10.7. The van der Waals surface area contributed by atoms with Gasteiger partial charge in [0.2, 0.25) is 6.79 Å². The van der Waals surface area contributed by atoms with Crippen LogP contribution in [0, 0.1) is 10.1 Å². The van der Waals surface area contributed by atoms with Gasteiger partial charge in [-0.2, -0.15) is 5.10 Å². The molecule has 4 rings (SSSR count). The Morgan fingerprint density at radius 3 is 2.38 bits per heavy atom. The molecule has 1 aliphatic rings. The number of non-ortho nitro benzene ring substituents is 1. The molecular formula is C24H18N4O6. The number of hydrogen-bond acceptors (Lipinski definition) is 7. The van der Waals surface area contributed by atoms with E-state index in [0.29, 0.717) is 28.2 Å².